The maximum atomic E-state index is 13.1. The Kier molecular flexibility index (Phi) is 5.71. The van der Waals surface area contributed by atoms with Crippen molar-refractivity contribution in [1.82, 2.24) is 19.9 Å². The minimum Gasteiger partial charge on any atom is -0.341 e. The highest BCUT2D eigenvalue weighted by Crippen LogP contribution is 2.26. The molecule has 1 aliphatic heterocycles. The van der Waals surface area contributed by atoms with Crippen molar-refractivity contribution in [1.29, 1.82) is 0 Å². The Morgan fingerprint density at radius 1 is 1.23 bits per heavy atom. The fourth-order valence-electron chi connectivity index (χ4n) is 3.61. The van der Waals surface area contributed by atoms with Crippen LogP contribution in [0.1, 0.15) is 41.7 Å². The van der Waals surface area contributed by atoms with Crippen molar-refractivity contribution in [3.8, 4) is 0 Å². The third-order valence-electron chi connectivity index (χ3n) is 5.10. The smallest absolute Gasteiger partial charge is 0.244 e. The fourth-order valence-corrected chi connectivity index (χ4v) is 3.61. The summed E-state index contributed by atoms with van der Waals surface area (Å²) in [6.07, 6.45) is 2.75. The number of nitrogens with zero attached hydrogens (tertiary/aromatic N) is 4. The van der Waals surface area contributed by atoms with Crippen molar-refractivity contribution in [2.45, 2.75) is 39.2 Å². The molecule has 0 bridgehead atoms. The van der Waals surface area contributed by atoms with Gasteiger partial charge in [-0.05, 0) is 52.3 Å². The van der Waals surface area contributed by atoms with Crippen LogP contribution in [0.15, 0.2) is 28.8 Å². The predicted octanol–water partition coefficient (Wildman–Crippen LogP) is 2.77. The number of benzene rings is 1. The predicted molar refractivity (Wildman–Crippen MR) is 99.7 cm³/mol. The van der Waals surface area contributed by atoms with Gasteiger partial charge in [-0.1, -0.05) is 35.0 Å². The van der Waals surface area contributed by atoms with E-state index in [1.807, 2.05) is 30.8 Å². The molecule has 1 aliphatic rings. The molecule has 2 aromatic rings. The minimum absolute atomic E-state index is 0.186. The lowest BCUT2D eigenvalue weighted by atomic mass is 9.92. The summed E-state index contributed by atoms with van der Waals surface area (Å²) >= 11 is 0. The number of hydrogen-bond donors (Lipinski definition) is 0. The number of carbonyl (C=O) groups is 1. The molecule has 3 rings (SSSR count). The first-order chi connectivity index (χ1) is 12.4. The van der Waals surface area contributed by atoms with Gasteiger partial charge in [-0.3, -0.25) is 9.69 Å². The molecule has 6 heteroatoms. The van der Waals surface area contributed by atoms with Gasteiger partial charge in [0.1, 0.15) is 6.04 Å². The van der Waals surface area contributed by atoms with E-state index in [0.29, 0.717) is 17.6 Å². The van der Waals surface area contributed by atoms with Gasteiger partial charge in [0.05, 0.1) is 0 Å². The minimum atomic E-state index is -0.231. The van der Waals surface area contributed by atoms with Gasteiger partial charge in [-0.15, -0.1) is 0 Å². The van der Waals surface area contributed by atoms with Crippen molar-refractivity contribution in [3.05, 3.63) is 47.1 Å². The summed E-state index contributed by atoms with van der Waals surface area (Å²) < 4.78 is 5.23. The van der Waals surface area contributed by atoms with Crippen molar-refractivity contribution in [2.24, 2.45) is 5.92 Å². The number of piperidine rings is 1. The summed E-state index contributed by atoms with van der Waals surface area (Å²) in [6, 6.07) is 8.02. The Morgan fingerprint density at radius 3 is 2.42 bits per heavy atom. The van der Waals surface area contributed by atoms with E-state index in [2.05, 4.69) is 41.3 Å². The van der Waals surface area contributed by atoms with Crippen LogP contribution in [0, 0.1) is 19.8 Å². The maximum absolute atomic E-state index is 13.1. The molecular weight excluding hydrogens is 328 g/mol. The molecule has 1 atom stereocenters. The lowest BCUT2D eigenvalue weighted by Gasteiger charge is -2.35. The van der Waals surface area contributed by atoms with Gasteiger partial charge in [0.2, 0.25) is 11.8 Å². The van der Waals surface area contributed by atoms with Gasteiger partial charge < -0.3 is 9.42 Å². The van der Waals surface area contributed by atoms with Gasteiger partial charge in [-0.25, -0.2) is 0 Å². The Hall–Kier alpha value is -2.21. The average Bonchev–Trinajstić information content (AvgIpc) is 3.02. The highest BCUT2D eigenvalue weighted by Gasteiger charge is 2.31. The Labute approximate surface area is 155 Å². The number of likely N-dealkylation sites (tertiary alicyclic amines) is 1. The van der Waals surface area contributed by atoms with Gasteiger partial charge in [0.25, 0.3) is 0 Å². The average molecular weight is 356 g/mol. The molecule has 1 unspecified atom stereocenters. The number of aromatic nitrogens is 2. The first kappa shape index (κ1) is 18.6. The molecule has 1 fully saturated rings. The van der Waals surface area contributed by atoms with Gasteiger partial charge >= 0.3 is 0 Å². The Balaban J connectivity index is 1.61. The first-order valence-corrected chi connectivity index (χ1v) is 9.25. The zero-order chi connectivity index (χ0) is 18.7. The van der Waals surface area contributed by atoms with Crippen LogP contribution in [0.3, 0.4) is 0 Å². The monoisotopic (exact) mass is 356 g/mol. The summed E-state index contributed by atoms with van der Waals surface area (Å²) in [5.74, 6) is 2.07. The fraction of sp³-hybridized carbons (Fsp3) is 0.550. The number of rotatable bonds is 5. The molecule has 0 aliphatic carbocycles. The third kappa shape index (κ3) is 4.30. The number of likely N-dealkylation sites (N-methyl/N-ethyl adjacent to an activating group) is 1. The standard InChI is InChI=1S/C20H28N4O2/c1-14-5-7-17(8-6-14)19(23(3)4)20(25)24-11-9-16(10-12-24)13-18-21-15(2)22-26-18/h5-8,16,19H,9-13H2,1-4H3. The molecule has 0 radical (unpaired) electrons. The molecule has 0 N–H and O–H groups in total. The van der Waals surface area contributed by atoms with Crippen LogP contribution in [0.25, 0.3) is 0 Å². The zero-order valence-corrected chi connectivity index (χ0v) is 16.1. The molecule has 1 aromatic heterocycles. The SMILES string of the molecule is Cc1ccc(C(C(=O)N2CCC(Cc3nc(C)no3)CC2)N(C)C)cc1. The van der Waals surface area contributed by atoms with E-state index in [1.54, 1.807) is 0 Å². The summed E-state index contributed by atoms with van der Waals surface area (Å²) in [7, 11) is 3.93. The van der Waals surface area contributed by atoms with Crippen LogP contribution >= 0.6 is 0 Å². The molecule has 1 saturated heterocycles. The molecule has 2 heterocycles. The normalized spacial score (nSPS) is 16.9. The van der Waals surface area contributed by atoms with Crippen molar-refractivity contribution in [2.75, 3.05) is 27.2 Å². The van der Waals surface area contributed by atoms with Gasteiger partial charge in [0, 0.05) is 19.5 Å². The van der Waals surface area contributed by atoms with Crippen molar-refractivity contribution < 1.29 is 9.32 Å². The van der Waals surface area contributed by atoms with Crippen LogP contribution in [0.2, 0.25) is 0 Å². The second-order valence-electron chi connectivity index (χ2n) is 7.48. The van der Waals surface area contributed by atoms with Crippen LogP contribution in [0.5, 0.6) is 0 Å². The van der Waals surface area contributed by atoms with E-state index < -0.39 is 0 Å². The zero-order valence-electron chi connectivity index (χ0n) is 16.1. The lowest BCUT2D eigenvalue weighted by molar-refractivity contribution is -0.137. The topological polar surface area (TPSA) is 62.5 Å². The number of amides is 1. The molecule has 1 aromatic carbocycles. The summed E-state index contributed by atoms with van der Waals surface area (Å²) in [5, 5.41) is 3.85. The molecular formula is C20H28N4O2. The summed E-state index contributed by atoms with van der Waals surface area (Å²) in [5.41, 5.74) is 2.25. The second-order valence-corrected chi connectivity index (χ2v) is 7.48. The second kappa shape index (κ2) is 7.99. The van der Waals surface area contributed by atoms with E-state index in [-0.39, 0.29) is 11.9 Å². The van der Waals surface area contributed by atoms with Crippen molar-refractivity contribution in [3.63, 3.8) is 0 Å². The molecule has 0 spiro atoms. The van der Waals surface area contributed by atoms with E-state index in [4.69, 9.17) is 4.52 Å². The Morgan fingerprint density at radius 2 is 1.88 bits per heavy atom. The number of carbonyl (C=O) groups excluding carboxylic acids is 1. The molecule has 0 saturated carbocycles. The highest BCUT2D eigenvalue weighted by molar-refractivity contribution is 5.83. The first-order valence-electron chi connectivity index (χ1n) is 9.25. The van der Waals surface area contributed by atoms with Gasteiger partial charge in [-0.2, -0.15) is 4.98 Å². The quantitative estimate of drug-likeness (QED) is 0.824. The van der Waals surface area contributed by atoms with E-state index >= 15 is 0 Å². The number of aryl methyl sites for hydroxylation is 2. The van der Waals surface area contributed by atoms with Crippen LogP contribution in [-0.4, -0.2) is 53.0 Å². The third-order valence-corrected chi connectivity index (χ3v) is 5.10. The number of hydrogen-bond acceptors (Lipinski definition) is 5. The highest BCUT2D eigenvalue weighted by atomic mass is 16.5. The lowest BCUT2D eigenvalue weighted by Crippen LogP contribution is -2.44. The van der Waals surface area contributed by atoms with E-state index in [0.717, 1.165) is 37.9 Å². The summed E-state index contributed by atoms with van der Waals surface area (Å²) in [4.78, 5) is 21.4. The van der Waals surface area contributed by atoms with Crippen LogP contribution in [0.4, 0.5) is 0 Å². The van der Waals surface area contributed by atoms with Crippen LogP contribution < -0.4 is 0 Å². The van der Waals surface area contributed by atoms with E-state index in [1.165, 1.54) is 5.56 Å². The van der Waals surface area contributed by atoms with Gasteiger partial charge in [0.15, 0.2) is 5.82 Å². The maximum Gasteiger partial charge on any atom is 0.244 e. The summed E-state index contributed by atoms with van der Waals surface area (Å²) in [6.45, 7) is 5.46. The molecule has 140 valence electrons. The molecule has 1 amide bonds. The molecule has 26 heavy (non-hydrogen) atoms. The Bertz CT molecular complexity index is 731. The van der Waals surface area contributed by atoms with Crippen LogP contribution in [-0.2, 0) is 11.2 Å². The largest absolute Gasteiger partial charge is 0.341 e. The van der Waals surface area contributed by atoms with Crippen molar-refractivity contribution >= 4 is 5.91 Å². The van der Waals surface area contributed by atoms with E-state index in [9.17, 15) is 4.79 Å². The molecule has 6 nitrogen and oxygen atoms in total.